The van der Waals surface area contributed by atoms with E-state index in [2.05, 4.69) is 9.97 Å². The van der Waals surface area contributed by atoms with Gasteiger partial charge in [-0.1, -0.05) is 12.1 Å². The summed E-state index contributed by atoms with van der Waals surface area (Å²) in [7, 11) is 0. The summed E-state index contributed by atoms with van der Waals surface area (Å²) in [6, 6.07) is 9.08. The zero-order valence-electron chi connectivity index (χ0n) is 7.84. The first-order valence-corrected chi connectivity index (χ1v) is 4.43. The summed E-state index contributed by atoms with van der Waals surface area (Å²) >= 11 is 0. The molecule has 0 spiro atoms. The van der Waals surface area contributed by atoms with Crippen molar-refractivity contribution in [1.29, 1.82) is 5.26 Å². The first kappa shape index (κ1) is 9.28. The van der Waals surface area contributed by atoms with E-state index in [1.165, 1.54) is 6.20 Å². The Morgan fingerprint density at radius 2 is 2.07 bits per heavy atom. The molecule has 0 aliphatic heterocycles. The SMILES string of the molecule is N#CCC(=O)c1cnc2ccccc2n1. The lowest BCUT2D eigenvalue weighted by molar-refractivity contribution is 0.0993. The van der Waals surface area contributed by atoms with Crippen LogP contribution in [0.1, 0.15) is 16.9 Å². The molecule has 1 heterocycles. The second-order valence-corrected chi connectivity index (χ2v) is 3.00. The molecule has 0 bridgehead atoms. The van der Waals surface area contributed by atoms with Crippen LogP contribution in [-0.4, -0.2) is 15.8 Å². The van der Waals surface area contributed by atoms with Crippen LogP contribution in [0.4, 0.5) is 0 Å². The molecule has 4 nitrogen and oxygen atoms in total. The lowest BCUT2D eigenvalue weighted by atomic mass is 10.2. The van der Waals surface area contributed by atoms with Gasteiger partial charge >= 0.3 is 0 Å². The normalized spacial score (nSPS) is 9.80. The molecule has 0 saturated carbocycles. The molecule has 1 aromatic heterocycles. The van der Waals surface area contributed by atoms with Crippen LogP contribution in [0.25, 0.3) is 11.0 Å². The summed E-state index contributed by atoms with van der Waals surface area (Å²) in [5, 5.41) is 8.39. The standard InChI is InChI=1S/C11H7N3O/c12-6-5-11(15)10-7-13-8-3-1-2-4-9(8)14-10/h1-4,7H,5H2. The summed E-state index contributed by atoms with van der Waals surface area (Å²) in [5.41, 5.74) is 1.66. The molecule has 1 aromatic carbocycles. The van der Waals surface area contributed by atoms with Gasteiger partial charge in [0.25, 0.3) is 0 Å². The molecule has 0 fully saturated rings. The molecule has 0 unspecified atom stereocenters. The van der Waals surface area contributed by atoms with Gasteiger partial charge in [0.05, 0.1) is 23.3 Å². The van der Waals surface area contributed by atoms with Crippen molar-refractivity contribution in [3.05, 3.63) is 36.2 Å². The summed E-state index contributed by atoms with van der Waals surface area (Å²) in [4.78, 5) is 19.6. The van der Waals surface area contributed by atoms with E-state index < -0.39 is 0 Å². The van der Waals surface area contributed by atoms with E-state index in [9.17, 15) is 4.79 Å². The number of benzene rings is 1. The molecule has 0 saturated heterocycles. The van der Waals surface area contributed by atoms with Crippen LogP contribution in [0, 0.1) is 11.3 Å². The minimum absolute atomic E-state index is 0.160. The Hall–Kier alpha value is -2.28. The Morgan fingerprint density at radius 3 is 2.80 bits per heavy atom. The fourth-order valence-electron chi connectivity index (χ4n) is 1.25. The van der Waals surface area contributed by atoms with E-state index >= 15 is 0 Å². The van der Waals surface area contributed by atoms with Crippen LogP contribution >= 0.6 is 0 Å². The largest absolute Gasteiger partial charge is 0.291 e. The van der Waals surface area contributed by atoms with Crippen molar-refractivity contribution in [3.8, 4) is 6.07 Å². The summed E-state index contributed by atoms with van der Waals surface area (Å²) in [6.07, 6.45) is 1.25. The number of hydrogen-bond acceptors (Lipinski definition) is 4. The first-order valence-electron chi connectivity index (χ1n) is 4.43. The van der Waals surface area contributed by atoms with E-state index in [0.29, 0.717) is 5.52 Å². The third kappa shape index (κ3) is 1.81. The number of rotatable bonds is 2. The number of Topliss-reactive ketones (excluding diaryl/α,β-unsaturated/α-hetero) is 1. The molecule has 0 amide bonds. The van der Waals surface area contributed by atoms with Crippen LogP contribution in [0.5, 0.6) is 0 Å². The van der Waals surface area contributed by atoms with Gasteiger partial charge in [-0.2, -0.15) is 5.26 Å². The van der Waals surface area contributed by atoms with Crippen molar-refractivity contribution >= 4 is 16.8 Å². The van der Waals surface area contributed by atoms with E-state index in [1.54, 1.807) is 12.1 Å². The number of carbonyl (C=O) groups is 1. The predicted molar refractivity (Wildman–Crippen MR) is 54.1 cm³/mol. The van der Waals surface area contributed by atoms with Crippen LogP contribution in [0.3, 0.4) is 0 Å². The number of ketones is 1. The van der Waals surface area contributed by atoms with E-state index in [4.69, 9.17) is 5.26 Å². The van der Waals surface area contributed by atoms with Crippen molar-refractivity contribution in [3.63, 3.8) is 0 Å². The highest BCUT2D eigenvalue weighted by Crippen LogP contribution is 2.09. The lowest BCUT2D eigenvalue weighted by Crippen LogP contribution is -2.02. The Balaban J connectivity index is 2.48. The molecule has 0 aliphatic rings. The van der Waals surface area contributed by atoms with Gasteiger partial charge in [0, 0.05) is 0 Å². The molecule has 0 atom stereocenters. The van der Waals surface area contributed by atoms with Gasteiger partial charge < -0.3 is 0 Å². The topological polar surface area (TPSA) is 66.6 Å². The van der Waals surface area contributed by atoms with Crippen molar-refractivity contribution in [2.45, 2.75) is 6.42 Å². The Kier molecular flexibility index (Phi) is 2.38. The Bertz CT molecular complexity index is 557. The monoisotopic (exact) mass is 197 g/mol. The maximum Gasteiger partial charge on any atom is 0.196 e. The Morgan fingerprint density at radius 1 is 1.33 bits per heavy atom. The molecular weight excluding hydrogens is 190 g/mol. The molecule has 2 rings (SSSR count). The van der Waals surface area contributed by atoms with Crippen LogP contribution in [0.2, 0.25) is 0 Å². The molecular formula is C11H7N3O. The van der Waals surface area contributed by atoms with Gasteiger partial charge in [-0.15, -0.1) is 0 Å². The van der Waals surface area contributed by atoms with E-state index in [-0.39, 0.29) is 17.9 Å². The number of nitriles is 1. The quantitative estimate of drug-likeness (QED) is 0.687. The summed E-state index contributed by atoms with van der Waals surface area (Å²) < 4.78 is 0. The van der Waals surface area contributed by atoms with Crippen molar-refractivity contribution in [1.82, 2.24) is 9.97 Å². The highest BCUT2D eigenvalue weighted by atomic mass is 16.1. The second-order valence-electron chi connectivity index (χ2n) is 3.00. The molecule has 0 aliphatic carbocycles. The van der Waals surface area contributed by atoms with Crippen molar-refractivity contribution < 1.29 is 4.79 Å². The molecule has 72 valence electrons. The number of fused-ring (bicyclic) bond motifs is 1. The highest BCUT2D eigenvalue weighted by Gasteiger charge is 2.07. The highest BCUT2D eigenvalue weighted by molar-refractivity contribution is 5.96. The molecule has 2 aromatic rings. The minimum atomic E-state index is -0.296. The molecule has 0 radical (unpaired) electrons. The van der Waals surface area contributed by atoms with Crippen molar-refractivity contribution in [2.75, 3.05) is 0 Å². The predicted octanol–water partition coefficient (Wildman–Crippen LogP) is 1.73. The van der Waals surface area contributed by atoms with Gasteiger partial charge in [-0.3, -0.25) is 9.78 Å². The number of hydrogen-bond donors (Lipinski definition) is 0. The third-order valence-corrected chi connectivity index (χ3v) is 1.97. The number of carbonyl (C=O) groups excluding carboxylic acids is 1. The van der Waals surface area contributed by atoms with Gasteiger partial charge in [0.2, 0.25) is 0 Å². The molecule has 0 N–H and O–H groups in total. The average molecular weight is 197 g/mol. The van der Waals surface area contributed by atoms with Gasteiger partial charge in [-0.05, 0) is 12.1 Å². The van der Waals surface area contributed by atoms with Gasteiger partial charge in [-0.25, -0.2) is 4.98 Å². The van der Waals surface area contributed by atoms with Crippen LogP contribution in [-0.2, 0) is 0 Å². The first-order chi connectivity index (χ1) is 7.31. The number of para-hydroxylation sites is 2. The minimum Gasteiger partial charge on any atom is -0.291 e. The zero-order valence-corrected chi connectivity index (χ0v) is 7.84. The summed E-state index contributed by atoms with van der Waals surface area (Å²) in [6.45, 7) is 0. The number of nitrogens with zero attached hydrogens (tertiary/aromatic N) is 3. The van der Waals surface area contributed by atoms with E-state index in [0.717, 1.165) is 5.52 Å². The fourth-order valence-corrected chi connectivity index (χ4v) is 1.25. The summed E-state index contributed by atoms with van der Waals surface area (Å²) in [5.74, 6) is -0.296. The smallest absolute Gasteiger partial charge is 0.196 e. The zero-order chi connectivity index (χ0) is 10.7. The average Bonchev–Trinajstić information content (AvgIpc) is 2.29. The second kappa shape index (κ2) is 3.84. The van der Waals surface area contributed by atoms with Crippen LogP contribution in [0.15, 0.2) is 30.5 Å². The van der Waals surface area contributed by atoms with Crippen LogP contribution < -0.4 is 0 Å². The third-order valence-electron chi connectivity index (χ3n) is 1.97. The lowest BCUT2D eigenvalue weighted by Gasteiger charge is -1.98. The van der Waals surface area contributed by atoms with Gasteiger partial charge in [0.15, 0.2) is 5.78 Å². The van der Waals surface area contributed by atoms with Crippen molar-refractivity contribution in [2.24, 2.45) is 0 Å². The fraction of sp³-hybridized carbons (Fsp3) is 0.0909. The maximum absolute atomic E-state index is 11.4. The van der Waals surface area contributed by atoms with E-state index in [1.807, 2.05) is 18.2 Å². The molecule has 4 heteroatoms. The Labute approximate surface area is 86.2 Å². The van der Waals surface area contributed by atoms with Gasteiger partial charge in [0.1, 0.15) is 12.1 Å². The maximum atomic E-state index is 11.4. The number of aromatic nitrogens is 2. The molecule has 15 heavy (non-hydrogen) atoms.